The molecule has 1 heterocycles. The lowest BCUT2D eigenvalue weighted by Crippen LogP contribution is -2.08. The van der Waals surface area contributed by atoms with E-state index >= 15 is 0 Å². The van der Waals surface area contributed by atoms with Crippen LogP contribution in [0.5, 0.6) is 5.75 Å². The van der Waals surface area contributed by atoms with E-state index in [4.69, 9.17) is 4.74 Å². The van der Waals surface area contributed by atoms with Crippen LogP contribution in [-0.2, 0) is 6.54 Å². The highest BCUT2D eigenvalue weighted by atomic mass is 32.2. The van der Waals surface area contributed by atoms with Crippen LogP contribution in [0.4, 0.5) is 10.5 Å². The van der Waals surface area contributed by atoms with Crippen molar-refractivity contribution in [2.45, 2.75) is 6.54 Å². The zero-order chi connectivity index (χ0) is 18.6. The van der Waals surface area contributed by atoms with Crippen molar-refractivity contribution in [2.75, 3.05) is 18.2 Å². The Bertz CT molecular complexity index is 1030. The highest BCUT2D eigenvalue weighted by Crippen LogP contribution is 2.28. The van der Waals surface area contributed by atoms with E-state index in [0.29, 0.717) is 6.61 Å². The summed E-state index contributed by atoms with van der Waals surface area (Å²) < 4.78 is 8.23. The van der Waals surface area contributed by atoms with Gasteiger partial charge in [0.1, 0.15) is 12.4 Å². The minimum atomic E-state index is -0.0740. The topological polar surface area (TPSA) is 43.3 Å². The lowest BCUT2D eigenvalue weighted by Gasteiger charge is -2.10. The summed E-state index contributed by atoms with van der Waals surface area (Å²) >= 11 is 1.15. The Morgan fingerprint density at radius 3 is 2.11 bits per heavy atom. The van der Waals surface area contributed by atoms with E-state index in [2.05, 4.69) is 58.4 Å². The Morgan fingerprint density at radius 2 is 1.52 bits per heavy atom. The molecule has 0 aliphatic heterocycles. The maximum atomic E-state index is 11.4. The van der Waals surface area contributed by atoms with Crippen LogP contribution in [0.25, 0.3) is 21.8 Å². The first-order valence-electron chi connectivity index (χ1n) is 8.80. The van der Waals surface area contributed by atoms with Crippen LogP contribution in [0, 0.1) is 0 Å². The SMILES string of the molecule is CSC(=O)Nc1ccc(OCCn2c3ccccc3c3ccccc32)cc1. The van der Waals surface area contributed by atoms with Crippen LogP contribution < -0.4 is 10.1 Å². The Morgan fingerprint density at radius 1 is 0.926 bits per heavy atom. The van der Waals surface area contributed by atoms with Crippen LogP contribution in [-0.4, -0.2) is 22.7 Å². The van der Waals surface area contributed by atoms with Gasteiger partial charge in [0.05, 0.1) is 6.54 Å². The molecule has 0 radical (unpaired) electrons. The Labute approximate surface area is 162 Å². The molecule has 4 nitrogen and oxygen atoms in total. The number of carbonyl (C=O) groups is 1. The molecule has 0 fully saturated rings. The third kappa shape index (κ3) is 3.64. The maximum absolute atomic E-state index is 11.4. The van der Waals surface area contributed by atoms with Gasteiger partial charge >= 0.3 is 0 Å². The van der Waals surface area contributed by atoms with Gasteiger partial charge in [-0.2, -0.15) is 0 Å². The summed E-state index contributed by atoms with van der Waals surface area (Å²) in [5.41, 5.74) is 3.21. The number of nitrogens with zero attached hydrogens (tertiary/aromatic N) is 1. The van der Waals surface area contributed by atoms with Crippen LogP contribution in [0.3, 0.4) is 0 Å². The molecular weight excluding hydrogens is 356 g/mol. The molecule has 0 aliphatic carbocycles. The summed E-state index contributed by atoms with van der Waals surface area (Å²) in [5, 5.41) is 5.26. The second kappa shape index (κ2) is 7.76. The Hall–Kier alpha value is -2.92. The molecule has 0 saturated carbocycles. The zero-order valence-electron chi connectivity index (χ0n) is 15.0. The summed E-state index contributed by atoms with van der Waals surface area (Å²) in [5.74, 6) is 0.790. The van der Waals surface area contributed by atoms with Gasteiger partial charge in [-0.1, -0.05) is 48.2 Å². The van der Waals surface area contributed by atoms with Crippen LogP contribution in [0.15, 0.2) is 72.8 Å². The average molecular weight is 376 g/mol. The number of hydrogen-bond acceptors (Lipinski definition) is 3. The highest BCUT2D eigenvalue weighted by Gasteiger charge is 2.09. The minimum absolute atomic E-state index is 0.0740. The zero-order valence-corrected chi connectivity index (χ0v) is 15.8. The molecule has 27 heavy (non-hydrogen) atoms. The summed E-state index contributed by atoms with van der Waals surface area (Å²) in [6.07, 6.45) is 1.75. The van der Waals surface area contributed by atoms with Crippen LogP contribution in [0.1, 0.15) is 0 Å². The number of thioether (sulfide) groups is 1. The summed E-state index contributed by atoms with van der Waals surface area (Å²) in [4.78, 5) is 11.4. The van der Waals surface area contributed by atoms with Crippen molar-refractivity contribution in [3.8, 4) is 5.75 Å². The second-order valence-electron chi connectivity index (χ2n) is 6.18. The molecule has 136 valence electrons. The molecule has 0 atom stereocenters. The maximum Gasteiger partial charge on any atom is 0.283 e. The fourth-order valence-corrected chi connectivity index (χ4v) is 3.52. The molecular formula is C22H20N2O2S. The van der Waals surface area contributed by atoms with Gasteiger partial charge in [-0.05, 0) is 42.7 Å². The van der Waals surface area contributed by atoms with E-state index in [9.17, 15) is 4.79 Å². The third-order valence-corrected chi connectivity index (χ3v) is 5.02. The fourth-order valence-electron chi connectivity index (χ4n) is 3.30. The predicted octanol–water partition coefficient (Wildman–Crippen LogP) is 5.77. The van der Waals surface area contributed by atoms with Gasteiger partial charge in [-0.3, -0.25) is 4.79 Å². The van der Waals surface area contributed by atoms with Gasteiger partial charge < -0.3 is 14.6 Å². The lowest BCUT2D eigenvalue weighted by molar-refractivity contribution is 0.270. The summed E-state index contributed by atoms with van der Waals surface area (Å²) in [6, 6.07) is 24.4. The van der Waals surface area contributed by atoms with E-state index in [1.54, 1.807) is 6.26 Å². The van der Waals surface area contributed by atoms with E-state index in [1.807, 2.05) is 24.3 Å². The number of carbonyl (C=O) groups excluding carboxylic acids is 1. The fraction of sp³-hybridized carbons (Fsp3) is 0.136. The van der Waals surface area contributed by atoms with Gasteiger partial charge in [0.15, 0.2) is 0 Å². The molecule has 1 N–H and O–H groups in total. The number of anilines is 1. The molecule has 0 saturated heterocycles. The van der Waals surface area contributed by atoms with E-state index in [1.165, 1.54) is 21.8 Å². The summed E-state index contributed by atoms with van der Waals surface area (Å²) in [6.45, 7) is 1.33. The molecule has 1 aromatic heterocycles. The number of amides is 1. The van der Waals surface area contributed by atoms with Crippen LogP contribution in [0.2, 0.25) is 0 Å². The number of rotatable bonds is 5. The van der Waals surface area contributed by atoms with E-state index in [0.717, 1.165) is 29.7 Å². The number of para-hydroxylation sites is 2. The molecule has 0 unspecified atom stereocenters. The van der Waals surface area contributed by atoms with E-state index in [-0.39, 0.29) is 5.24 Å². The number of aromatic nitrogens is 1. The highest BCUT2D eigenvalue weighted by molar-refractivity contribution is 8.13. The molecule has 1 amide bonds. The quantitative estimate of drug-likeness (QED) is 0.481. The number of ether oxygens (including phenoxy) is 1. The number of benzene rings is 3. The van der Waals surface area contributed by atoms with Crippen molar-refractivity contribution in [1.82, 2.24) is 4.57 Å². The van der Waals surface area contributed by atoms with Crippen molar-refractivity contribution in [1.29, 1.82) is 0 Å². The number of nitrogens with one attached hydrogen (secondary N) is 1. The Balaban J connectivity index is 1.48. The third-order valence-electron chi connectivity index (χ3n) is 4.55. The van der Waals surface area contributed by atoms with Crippen molar-refractivity contribution < 1.29 is 9.53 Å². The predicted molar refractivity (Wildman–Crippen MR) is 114 cm³/mol. The molecule has 0 bridgehead atoms. The minimum Gasteiger partial charge on any atom is -0.492 e. The van der Waals surface area contributed by atoms with Crippen LogP contribution >= 0.6 is 11.8 Å². The standard InChI is InChI=1S/C22H20N2O2S/c1-27-22(25)23-16-10-12-17(13-11-16)26-15-14-24-20-8-4-2-6-18(20)19-7-3-5-9-21(19)24/h2-13H,14-15H2,1H3,(H,23,25). The van der Waals surface area contributed by atoms with E-state index < -0.39 is 0 Å². The first kappa shape index (κ1) is 17.5. The second-order valence-corrected chi connectivity index (χ2v) is 6.95. The van der Waals surface area contributed by atoms with Crippen molar-refractivity contribution in [3.63, 3.8) is 0 Å². The molecule has 0 aliphatic rings. The molecule has 3 aromatic carbocycles. The van der Waals surface area contributed by atoms with Gasteiger partial charge in [0.2, 0.25) is 0 Å². The molecule has 5 heteroatoms. The van der Waals surface area contributed by atoms with Gasteiger partial charge in [0.25, 0.3) is 5.24 Å². The molecule has 0 spiro atoms. The Kier molecular flexibility index (Phi) is 5.03. The first-order chi connectivity index (χ1) is 13.3. The number of fused-ring (bicyclic) bond motifs is 3. The van der Waals surface area contributed by atoms with Gasteiger partial charge in [-0.25, -0.2) is 0 Å². The van der Waals surface area contributed by atoms with Gasteiger partial charge in [-0.15, -0.1) is 0 Å². The van der Waals surface area contributed by atoms with Crippen molar-refractivity contribution >= 4 is 44.5 Å². The average Bonchev–Trinajstić information content (AvgIpc) is 3.03. The first-order valence-corrected chi connectivity index (χ1v) is 10.0. The lowest BCUT2D eigenvalue weighted by atomic mass is 10.2. The number of hydrogen-bond donors (Lipinski definition) is 1. The molecule has 4 aromatic rings. The summed E-state index contributed by atoms with van der Waals surface area (Å²) in [7, 11) is 0. The van der Waals surface area contributed by atoms with Crippen molar-refractivity contribution in [3.05, 3.63) is 72.8 Å². The smallest absolute Gasteiger partial charge is 0.283 e. The monoisotopic (exact) mass is 376 g/mol. The largest absolute Gasteiger partial charge is 0.492 e. The normalized spacial score (nSPS) is 11.0. The molecule has 4 rings (SSSR count). The van der Waals surface area contributed by atoms with Gasteiger partial charge in [0, 0.05) is 27.5 Å². The van der Waals surface area contributed by atoms with Crippen molar-refractivity contribution in [2.24, 2.45) is 0 Å².